The van der Waals surface area contributed by atoms with E-state index in [1.165, 1.54) is 12.1 Å². The molecule has 0 radical (unpaired) electrons. The molecule has 1 saturated carbocycles. The summed E-state index contributed by atoms with van der Waals surface area (Å²) in [7, 11) is 1.71. The van der Waals surface area contributed by atoms with Gasteiger partial charge in [0.15, 0.2) is 0 Å². The summed E-state index contributed by atoms with van der Waals surface area (Å²) < 4.78 is 18.9. The van der Waals surface area contributed by atoms with E-state index in [9.17, 15) is 9.18 Å². The molecule has 0 unspecified atom stereocenters. The molecule has 1 fully saturated rings. The average Bonchev–Trinajstić information content (AvgIpc) is 2.38. The first-order valence-corrected chi connectivity index (χ1v) is 6.17. The Morgan fingerprint density at radius 2 is 2.00 bits per heavy atom. The number of halogens is 1. The average molecular weight is 252 g/mol. The van der Waals surface area contributed by atoms with Crippen LogP contribution in [-0.2, 0) is 4.74 Å². The summed E-state index contributed by atoms with van der Waals surface area (Å²) in [4.78, 5) is 10.7. The molecule has 98 valence electrons. The van der Waals surface area contributed by atoms with Gasteiger partial charge in [0.05, 0.1) is 11.7 Å². The number of carboxylic acids is 1. The highest BCUT2D eigenvalue weighted by Gasteiger charge is 2.23. The molecular formula is C14H17FO3. The molecule has 1 aromatic carbocycles. The molecule has 0 bridgehead atoms. The molecule has 2 rings (SSSR count). The fraction of sp³-hybridized carbons (Fsp3) is 0.500. The Balaban J connectivity index is 2.11. The highest BCUT2D eigenvalue weighted by atomic mass is 19.1. The maximum Gasteiger partial charge on any atom is 0.338 e. The van der Waals surface area contributed by atoms with Crippen molar-refractivity contribution < 1.29 is 19.0 Å². The lowest BCUT2D eigenvalue weighted by Gasteiger charge is -2.27. The van der Waals surface area contributed by atoms with Crippen LogP contribution in [0.15, 0.2) is 18.2 Å². The predicted molar refractivity (Wildman–Crippen MR) is 65.4 cm³/mol. The first-order chi connectivity index (χ1) is 8.61. The van der Waals surface area contributed by atoms with Gasteiger partial charge in [-0.15, -0.1) is 0 Å². The molecule has 1 aliphatic rings. The van der Waals surface area contributed by atoms with E-state index in [0.717, 1.165) is 31.2 Å². The van der Waals surface area contributed by atoms with Gasteiger partial charge in [-0.25, -0.2) is 9.18 Å². The van der Waals surface area contributed by atoms with E-state index >= 15 is 0 Å². The summed E-state index contributed by atoms with van der Waals surface area (Å²) in [6.45, 7) is 0. The van der Waals surface area contributed by atoms with E-state index in [1.807, 2.05) is 0 Å². The van der Waals surface area contributed by atoms with E-state index in [-0.39, 0.29) is 5.56 Å². The predicted octanol–water partition coefficient (Wildman–Crippen LogP) is 3.20. The quantitative estimate of drug-likeness (QED) is 0.898. The number of rotatable bonds is 3. The van der Waals surface area contributed by atoms with Crippen molar-refractivity contribution in [2.45, 2.75) is 37.7 Å². The fourth-order valence-electron chi connectivity index (χ4n) is 2.59. The van der Waals surface area contributed by atoms with Crippen LogP contribution in [0.3, 0.4) is 0 Å². The van der Waals surface area contributed by atoms with E-state index in [0.29, 0.717) is 12.0 Å². The molecule has 0 aromatic heterocycles. The van der Waals surface area contributed by atoms with Crippen molar-refractivity contribution in [3.8, 4) is 0 Å². The van der Waals surface area contributed by atoms with Gasteiger partial charge in [-0.1, -0.05) is 6.07 Å². The zero-order valence-corrected chi connectivity index (χ0v) is 10.4. The molecule has 0 atom stereocenters. The van der Waals surface area contributed by atoms with Crippen LogP contribution in [0.4, 0.5) is 4.39 Å². The number of benzene rings is 1. The maximum absolute atomic E-state index is 13.6. The topological polar surface area (TPSA) is 46.5 Å². The first-order valence-electron chi connectivity index (χ1n) is 6.17. The standard InChI is InChI=1S/C14H17FO3/c1-18-11-5-2-9(3-6-11)10-4-7-12(14(16)17)13(15)8-10/h4,7-9,11H,2-3,5-6H2,1H3,(H,16,17). The minimum absolute atomic E-state index is 0.260. The number of hydrogen-bond donors (Lipinski definition) is 1. The Morgan fingerprint density at radius 1 is 1.33 bits per heavy atom. The maximum atomic E-state index is 13.6. The molecule has 0 heterocycles. The molecule has 0 aliphatic heterocycles. The Kier molecular flexibility index (Phi) is 3.97. The van der Waals surface area contributed by atoms with Gasteiger partial charge in [0.25, 0.3) is 0 Å². The number of aromatic carboxylic acids is 1. The first kappa shape index (κ1) is 13.0. The van der Waals surface area contributed by atoms with Crippen molar-refractivity contribution in [3.05, 3.63) is 35.1 Å². The summed E-state index contributed by atoms with van der Waals surface area (Å²) in [5, 5.41) is 8.78. The molecule has 0 saturated heterocycles. The number of hydrogen-bond acceptors (Lipinski definition) is 2. The monoisotopic (exact) mass is 252 g/mol. The molecule has 0 spiro atoms. The van der Waals surface area contributed by atoms with Gasteiger partial charge in [-0.2, -0.15) is 0 Å². The van der Waals surface area contributed by atoms with E-state index in [2.05, 4.69) is 0 Å². The minimum Gasteiger partial charge on any atom is -0.478 e. The fourth-order valence-corrected chi connectivity index (χ4v) is 2.59. The summed E-state index contributed by atoms with van der Waals surface area (Å²) in [5.74, 6) is -1.55. The van der Waals surface area contributed by atoms with Crippen LogP contribution >= 0.6 is 0 Å². The largest absolute Gasteiger partial charge is 0.478 e. The summed E-state index contributed by atoms with van der Waals surface area (Å²) in [6, 6.07) is 4.45. The van der Waals surface area contributed by atoms with Gasteiger partial charge in [0.2, 0.25) is 0 Å². The van der Waals surface area contributed by atoms with Gasteiger partial charge in [-0.3, -0.25) is 0 Å². The zero-order chi connectivity index (χ0) is 13.1. The van der Waals surface area contributed by atoms with Gasteiger partial charge < -0.3 is 9.84 Å². The van der Waals surface area contributed by atoms with Gasteiger partial charge in [0, 0.05) is 7.11 Å². The lowest BCUT2D eigenvalue weighted by molar-refractivity contribution is 0.0658. The molecule has 1 N–H and O–H groups in total. The van der Waals surface area contributed by atoms with Gasteiger partial charge in [0.1, 0.15) is 5.82 Å². The minimum atomic E-state index is -1.22. The van der Waals surface area contributed by atoms with Crippen molar-refractivity contribution >= 4 is 5.97 Å². The molecule has 1 aliphatic carbocycles. The van der Waals surface area contributed by atoms with E-state index < -0.39 is 11.8 Å². The zero-order valence-electron chi connectivity index (χ0n) is 10.4. The van der Waals surface area contributed by atoms with Crippen LogP contribution in [0.1, 0.15) is 47.5 Å². The molecule has 3 nitrogen and oxygen atoms in total. The third kappa shape index (κ3) is 2.70. The molecular weight excluding hydrogens is 235 g/mol. The van der Waals surface area contributed by atoms with Gasteiger partial charge >= 0.3 is 5.97 Å². The van der Waals surface area contributed by atoms with Crippen molar-refractivity contribution in [3.63, 3.8) is 0 Å². The number of carboxylic acid groups (broad SMARTS) is 1. The Morgan fingerprint density at radius 3 is 2.50 bits per heavy atom. The molecule has 18 heavy (non-hydrogen) atoms. The molecule has 0 amide bonds. The van der Waals surface area contributed by atoms with Crippen LogP contribution in [0, 0.1) is 5.82 Å². The van der Waals surface area contributed by atoms with E-state index in [1.54, 1.807) is 13.2 Å². The third-order valence-corrected chi connectivity index (χ3v) is 3.70. The van der Waals surface area contributed by atoms with E-state index in [4.69, 9.17) is 9.84 Å². The lowest BCUT2D eigenvalue weighted by Crippen LogP contribution is -2.19. The third-order valence-electron chi connectivity index (χ3n) is 3.70. The number of methoxy groups -OCH3 is 1. The Labute approximate surface area is 106 Å². The second-order valence-corrected chi connectivity index (χ2v) is 4.75. The second kappa shape index (κ2) is 5.48. The summed E-state index contributed by atoms with van der Waals surface area (Å²) in [6.07, 6.45) is 4.19. The summed E-state index contributed by atoms with van der Waals surface area (Å²) >= 11 is 0. The normalized spacial score (nSPS) is 23.9. The SMILES string of the molecule is COC1CCC(c2ccc(C(=O)O)c(F)c2)CC1. The number of carbonyl (C=O) groups is 1. The smallest absolute Gasteiger partial charge is 0.338 e. The van der Waals surface area contributed by atoms with Crippen LogP contribution in [0.2, 0.25) is 0 Å². The van der Waals surface area contributed by atoms with Crippen molar-refractivity contribution in [1.29, 1.82) is 0 Å². The van der Waals surface area contributed by atoms with Crippen molar-refractivity contribution in [2.24, 2.45) is 0 Å². The van der Waals surface area contributed by atoms with Crippen LogP contribution in [-0.4, -0.2) is 24.3 Å². The van der Waals surface area contributed by atoms with Crippen molar-refractivity contribution in [2.75, 3.05) is 7.11 Å². The Hall–Kier alpha value is -1.42. The molecule has 4 heteroatoms. The van der Waals surface area contributed by atoms with Gasteiger partial charge in [-0.05, 0) is 49.3 Å². The van der Waals surface area contributed by atoms with Crippen molar-refractivity contribution in [1.82, 2.24) is 0 Å². The van der Waals surface area contributed by atoms with Crippen LogP contribution in [0.25, 0.3) is 0 Å². The lowest BCUT2D eigenvalue weighted by atomic mass is 9.82. The summed E-state index contributed by atoms with van der Waals surface area (Å²) in [5.41, 5.74) is 0.636. The van der Waals surface area contributed by atoms with Crippen LogP contribution < -0.4 is 0 Å². The Bertz CT molecular complexity index is 437. The highest BCUT2D eigenvalue weighted by Crippen LogP contribution is 2.34. The number of ether oxygens (including phenoxy) is 1. The molecule has 1 aromatic rings. The highest BCUT2D eigenvalue weighted by molar-refractivity contribution is 5.87. The van der Waals surface area contributed by atoms with Crippen LogP contribution in [0.5, 0.6) is 0 Å². The second-order valence-electron chi connectivity index (χ2n) is 4.75.